The third-order valence-electron chi connectivity index (χ3n) is 2.42. The van der Waals surface area contributed by atoms with Crippen LogP contribution in [0.2, 0.25) is 0 Å². The molecule has 0 aliphatic rings. The molecule has 0 atom stereocenters. The number of carbonyl (C=O) groups excluding carboxylic acids is 2. The molecule has 8 heteroatoms. The van der Waals surface area contributed by atoms with Gasteiger partial charge in [-0.15, -0.1) is 0 Å². The molecule has 1 aromatic rings. The second kappa shape index (κ2) is 6.27. The van der Waals surface area contributed by atoms with Crippen molar-refractivity contribution in [3.05, 3.63) is 29.8 Å². The van der Waals surface area contributed by atoms with E-state index in [1.54, 1.807) is 17.4 Å². The summed E-state index contributed by atoms with van der Waals surface area (Å²) in [6, 6.07) is 4.97. The number of ether oxygens (including phenoxy) is 1. The molecule has 0 saturated carbocycles. The first-order valence-corrected chi connectivity index (χ1v) is 5.52. The van der Waals surface area contributed by atoms with E-state index in [0.717, 1.165) is 4.90 Å². The minimum atomic E-state index is -4.50. The maximum Gasteiger partial charge on any atom is 0.405 e. The molecule has 0 unspecified atom stereocenters. The van der Waals surface area contributed by atoms with Crippen molar-refractivity contribution in [2.75, 3.05) is 25.6 Å². The maximum absolute atomic E-state index is 12.0. The van der Waals surface area contributed by atoms with Crippen LogP contribution in [0.4, 0.5) is 23.7 Å². The second-order valence-electron chi connectivity index (χ2n) is 3.84. The summed E-state index contributed by atoms with van der Waals surface area (Å²) in [5.74, 6) is -0.684. The summed E-state index contributed by atoms with van der Waals surface area (Å²) < 4.78 is 40.7. The number of anilines is 1. The number of methoxy groups -OCH3 is 1. The Morgan fingerprint density at radius 2 is 1.90 bits per heavy atom. The fraction of sp³-hybridized carbons (Fsp3) is 0.333. The van der Waals surface area contributed by atoms with E-state index in [-0.39, 0.29) is 11.3 Å². The van der Waals surface area contributed by atoms with Gasteiger partial charge in [-0.05, 0) is 12.1 Å². The molecule has 0 heterocycles. The molecule has 0 aliphatic heterocycles. The third kappa shape index (κ3) is 4.15. The average Bonchev–Trinajstić information content (AvgIpc) is 2.42. The highest BCUT2D eigenvalue weighted by Gasteiger charge is 2.29. The van der Waals surface area contributed by atoms with Crippen LogP contribution in [0.3, 0.4) is 0 Å². The van der Waals surface area contributed by atoms with Gasteiger partial charge in [-0.1, -0.05) is 12.1 Å². The van der Waals surface area contributed by atoms with Gasteiger partial charge in [0.2, 0.25) is 0 Å². The van der Waals surface area contributed by atoms with E-state index in [1.165, 1.54) is 26.3 Å². The van der Waals surface area contributed by atoms with Crippen LogP contribution in [0.25, 0.3) is 0 Å². The van der Waals surface area contributed by atoms with Gasteiger partial charge in [0, 0.05) is 7.05 Å². The van der Waals surface area contributed by atoms with Crippen LogP contribution >= 0.6 is 0 Å². The summed E-state index contributed by atoms with van der Waals surface area (Å²) in [6.07, 6.45) is -4.50. The Morgan fingerprint density at radius 1 is 1.30 bits per heavy atom. The summed E-state index contributed by atoms with van der Waals surface area (Å²) in [5.41, 5.74) is 0.235. The fourth-order valence-corrected chi connectivity index (χ4v) is 1.45. The molecule has 1 rings (SSSR count). The molecule has 0 fully saturated rings. The first-order valence-electron chi connectivity index (χ1n) is 5.52. The zero-order chi connectivity index (χ0) is 15.3. The van der Waals surface area contributed by atoms with Gasteiger partial charge in [-0.2, -0.15) is 13.2 Å². The summed E-state index contributed by atoms with van der Waals surface area (Å²) >= 11 is 0. The number of carbonyl (C=O) groups is 2. The zero-order valence-electron chi connectivity index (χ0n) is 10.8. The summed E-state index contributed by atoms with van der Waals surface area (Å²) in [7, 11) is 2.43. The molecule has 2 amide bonds. The molecule has 5 nitrogen and oxygen atoms in total. The van der Waals surface area contributed by atoms with Crippen molar-refractivity contribution in [3.63, 3.8) is 0 Å². The number of nitrogens with zero attached hydrogens (tertiary/aromatic N) is 1. The summed E-state index contributed by atoms with van der Waals surface area (Å²) in [6.45, 7) is -1.45. The van der Waals surface area contributed by atoms with E-state index in [1.807, 2.05) is 0 Å². The fourth-order valence-electron chi connectivity index (χ4n) is 1.45. The first kappa shape index (κ1) is 15.8. The minimum absolute atomic E-state index is 0.0830. The number of alkyl halides is 3. The van der Waals surface area contributed by atoms with Gasteiger partial charge in [0.1, 0.15) is 6.54 Å². The van der Waals surface area contributed by atoms with Gasteiger partial charge in [0.25, 0.3) is 0 Å². The Labute approximate surface area is 113 Å². The molecule has 20 heavy (non-hydrogen) atoms. The van der Waals surface area contributed by atoms with E-state index in [0.29, 0.717) is 0 Å². The van der Waals surface area contributed by atoms with Gasteiger partial charge in [-0.3, -0.25) is 4.90 Å². The van der Waals surface area contributed by atoms with E-state index in [9.17, 15) is 22.8 Å². The van der Waals surface area contributed by atoms with Gasteiger partial charge in [-0.25, -0.2) is 9.59 Å². The third-order valence-corrected chi connectivity index (χ3v) is 2.42. The monoisotopic (exact) mass is 290 g/mol. The highest BCUT2D eigenvalue weighted by Crippen LogP contribution is 2.20. The number of halogens is 3. The molecule has 0 radical (unpaired) electrons. The Kier molecular flexibility index (Phi) is 4.95. The minimum Gasteiger partial charge on any atom is -0.465 e. The predicted octanol–water partition coefficient (Wildman–Crippen LogP) is 2.18. The van der Waals surface area contributed by atoms with Crippen LogP contribution in [0.1, 0.15) is 10.4 Å². The standard InChI is InChI=1S/C12H13F3N2O3/c1-17(11(19)16-7-12(13,14)15)9-6-4-3-5-8(9)10(18)20-2/h3-6H,7H2,1-2H3,(H,16,19). The van der Waals surface area contributed by atoms with Crippen LogP contribution in [0, 0.1) is 0 Å². The molecule has 110 valence electrons. The van der Waals surface area contributed by atoms with Crippen molar-refractivity contribution < 1.29 is 27.5 Å². The van der Waals surface area contributed by atoms with Crippen LogP contribution in [-0.2, 0) is 4.74 Å². The number of para-hydroxylation sites is 1. The second-order valence-corrected chi connectivity index (χ2v) is 3.84. The Bertz CT molecular complexity index is 503. The van der Waals surface area contributed by atoms with E-state index in [2.05, 4.69) is 4.74 Å². The van der Waals surface area contributed by atoms with Gasteiger partial charge < -0.3 is 10.1 Å². The maximum atomic E-state index is 12.0. The topological polar surface area (TPSA) is 58.6 Å². The van der Waals surface area contributed by atoms with Crippen LogP contribution in [-0.4, -0.2) is 38.9 Å². The molecule has 0 aromatic heterocycles. The quantitative estimate of drug-likeness (QED) is 0.868. The first-order chi connectivity index (χ1) is 9.26. The number of urea groups is 1. The predicted molar refractivity (Wildman–Crippen MR) is 65.6 cm³/mol. The molecular weight excluding hydrogens is 277 g/mol. The molecule has 0 spiro atoms. The SMILES string of the molecule is COC(=O)c1ccccc1N(C)C(=O)NCC(F)(F)F. The molecule has 0 saturated heterocycles. The lowest BCUT2D eigenvalue weighted by Gasteiger charge is -2.20. The highest BCUT2D eigenvalue weighted by atomic mass is 19.4. The Morgan fingerprint density at radius 3 is 2.45 bits per heavy atom. The van der Waals surface area contributed by atoms with E-state index in [4.69, 9.17) is 0 Å². The van der Waals surface area contributed by atoms with Crippen LogP contribution < -0.4 is 10.2 Å². The summed E-state index contributed by atoms with van der Waals surface area (Å²) in [5, 5.41) is 1.71. The van der Waals surface area contributed by atoms with Crippen molar-refractivity contribution in [3.8, 4) is 0 Å². The average molecular weight is 290 g/mol. The van der Waals surface area contributed by atoms with Crippen molar-refractivity contribution in [1.29, 1.82) is 0 Å². The van der Waals surface area contributed by atoms with E-state index < -0.39 is 24.7 Å². The number of nitrogens with one attached hydrogen (secondary N) is 1. The van der Waals surface area contributed by atoms with Gasteiger partial charge in [0.15, 0.2) is 0 Å². The highest BCUT2D eigenvalue weighted by molar-refractivity contribution is 6.01. The lowest BCUT2D eigenvalue weighted by Crippen LogP contribution is -2.42. The number of benzene rings is 1. The van der Waals surface area contributed by atoms with Crippen molar-refractivity contribution in [1.82, 2.24) is 5.32 Å². The van der Waals surface area contributed by atoms with Gasteiger partial charge >= 0.3 is 18.2 Å². The normalized spacial score (nSPS) is 10.8. The Hall–Kier alpha value is -2.25. The molecular formula is C12H13F3N2O3. The molecule has 0 aliphatic carbocycles. The number of hydrogen-bond acceptors (Lipinski definition) is 3. The van der Waals surface area contributed by atoms with Crippen molar-refractivity contribution >= 4 is 17.7 Å². The number of amides is 2. The smallest absolute Gasteiger partial charge is 0.405 e. The van der Waals surface area contributed by atoms with Crippen LogP contribution in [0.15, 0.2) is 24.3 Å². The largest absolute Gasteiger partial charge is 0.465 e. The molecule has 1 N–H and O–H groups in total. The molecule has 1 aromatic carbocycles. The van der Waals surface area contributed by atoms with E-state index >= 15 is 0 Å². The lowest BCUT2D eigenvalue weighted by molar-refractivity contribution is -0.122. The van der Waals surface area contributed by atoms with Gasteiger partial charge in [0.05, 0.1) is 18.4 Å². The summed E-state index contributed by atoms with van der Waals surface area (Å²) in [4.78, 5) is 24.0. The lowest BCUT2D eigenvalue weighted by atomic mass is 10.1. The number of esters is 1. The van der Waals surface area contributed by atoms with Crippen molar-refractivity contribution in [2.45, 2.75) is 6.18 Å². The van der Waals surface area contributed by atoms with Crippen LogP contribution in [0.5, 0.6) is 0 Å². The zero-order valence-corrected chi connectivity index (χ0v) is 10.8. The number of rotatable bonds is 3. The van der Waals surface area contributed by atoms with Crippen molar-refractivity contribution in [2.24, 2.45) is 0 Å². The Balaban J connectivity index is 2.89. The molecule has 0 bridgehead atoms. The number of hydrogen-bond donors (Lipinski definition) is 1.